The maximum atomic E-state index is 13.2. The smallest absolute Gasteiger partial charge is 0.334 e. The van der Waals surface area contributed by atoms with Gasteiger partial charge in [0.05, 0.1) is 17.9 Å². The zero-order valence-corrected chi connectivity index (χ0v) is 14.6. The average Bonchev–Trinajstić information content (AvgIpc) is 3.30. The zero-order chi connectivity index (χ0) is 18.5. The lowest BCUT2D eigenvalue weighted by atomic mass is 10.1. The predicted octanol–water partition coefficient (Wildman–Crippen LogP) is 3.52. The molecule has 0 fully saturated rings. The minimum Gasteiger partial charge on any atom is -0.469 e. The molecule has 3 aromatic rings. The summed E-state index contributed by atoms with van der Waals surface area (Å²) in [6, 6.07) is 10.0. The number of rotatable bonds is 4. The third-order valence-electron chi connectivity index (χ3n) is 3.70. The monoisotopic (exact) mass is 373 g/mol. The number of furan rings is 1. The number of thiophene rings is 1. The van der Waals surface area contributed by atoms with Gasteiger partial charge in [-0.25, -0.2) is 14.6 Å². The molecular formula is C18H16FN3O3S. The Hall–Kier alpha value is -3.13. The van der Waals surface area contributed by atoms with E-state index in [2.05, 4.69) is 16.2 Å². The van der Waals surface area contributed by atoms with Gasteiger partial charge >= 0.3 is 6.03 Å². The highest BCUT2D eigenvalue weighted by atomic mass is 32.1. The Morgan fingerprint density at radius 3 is 2.50 bits per heavy atom. The largest absolute Gasteiger partial charge is 0.469 e. The number of benzene rings is 1. The topological polar surface area (TPSA) is 83.4 Å². The van der Waals surface area contributed by atoms with Gasteiger partial charge in [-0.15, -0.1) is 11.3 Å². The molecule has 3 rings (SSSR count). The minimum atomic E-state index is -0.595. The van der Waals surface area contributed by atoms with Gasteiger partial charge in [0.1, 0.15) is 11.6 Å². The molecular weight excluding hydrogens is 357 g/mol. The number of aryl methyl sites for hydroxylation is 1. The molecule has 1 aromatic carbocycles. The summed E-state index contributed by atoms with van der Waals surface area (Å²) in [7, 11) is 0. The third kappa shape index (κ3) is 4.09. The fraction of sp³-hybridized carbons (Fsp3) is 0.111. The van der Waals surface area contributed by atoms with E-state index in [1.807, 2.05) is 17.5 Å². The van der Waals surface area contributed by atoms with Crippen molar-refractivity contribution in [3.05, 3.63) is 81.7 Å². The second-order valence-corrected chi connectivity index (χ2v) is 6.42. The number of urea groups is 1. The van der Waals surface area contributed by atoms with Gasteiger partial charge in [0.25, 0.3) is 5.91 Å². The summed E-state index contributed by atoms with van der Waals surface area (Å²) in [4.78, 5) is 25.1. The first kappa shape index (κ1) is 17.7. The first-order chi connectivity index (χ1) is 12.5. The van der Waals surface area contributed by atoms with Crippen LogP contribution in [0.3, 0.4) is 0 Å². The highest BCUT2D eigenvalue weighted by Crippen LogP contribution is 2.26. The molecule has 0 bridgehead atoms. The van der Waals surface area contributed by atoms with Crippen LogP contribution in [0, 0.1) is 12.7 Å². The molecule has 134 valence electrons. The van der Waals surface area contributed by atoms with Crippen molar-refractivity contribution in [1.29, 1.82) is 0 Å². The van der Waals surface area contributed by atoms with Gasteiger partial charge in [-0.3, -0.25) is 10.2 Å². The Bertz CT molecular complexity index is 891. The summed E-state index contributed by atoms with van der Waals surface area (Å²) in [5, 5.41) is 4.65. The van der Waals surface area contributed by atoms with Gasteiger partial charge in [-0.1, -0.05) is 18.2 Å². The van der Waals surface area contributed by atoms with Crippen molar-refractivity contribution in [3.8, 4) is 0 Å². The molecule has 1 unspecified atom stereocenters. The van der Waals surface area contributed by atoms with E-state index in [4.69, 9.17) is 4.42 Å². The van der Waals surface area contributed by atoms with Crippen LogP contribution in [0.5, 0.6) is 0 Å². The number of hydrogen-bond acceptors (Lipinski definition) is 4. The van der Waals surface area contributed by atoms with Gasteiger partial charge in [0.2, 0.25) is 0 Å². The number of nitrogens with one attached hydrogen (secondary N) is 3. The standard InChI is InChI=1S/C18H16FN3O3S/c1-11-14(8-9-25-11)17(23)21-22-18(24)20-16(15-3-2-10-26-15)12-4-6-13(19)7-5-12/h2-10,16H,1H3,(H,21,23)(H2,20,22,24). The highest BCUT2D eigenvalue weighted by Gasteiger charge is 2.19. The Balaban J connectivity index is 1.67. The Kier molecular flexibility index (Phi) is 5.33. The van der Waals surface area contributed by atoms with Gasteiger partial charge < -0.3 is 9.73 Å². The Morgan fingerprint density at radius 2 is 1.88 bits per heavy atom. The SMILES string of the molecule is Cc1occc1C(=O)NNC(=O)NC(c1ccc(F)cc1)c1cccs1. The third-order valence-corrected chi connectivity index (χ3v) is 4.64. The van der Waals surface area contributed by atoms with E-state index >= 15 is 0 Å². The summed E-state index contributed by atoms with van der Waals surface area (Å²) in [5.41, 5.74) is 5.69. The van der Waals surface area contributed by atoms with E-state index in [0.29, 0.717) is 11.3 Å². The molecule has 2 heterocycles. The lowest BCUT2D eigenvalue weighted by Gasteiger charge is -2.18. The number of carbonyl (C=O) groups excluding carboxylic acids is 2. The Morgan fingerprint density at radius 1 is 1.12 bits per heavy atom. The zero-order valence-electron chi connectivity index (χ0n) is 13.8. The van der Waals surface area contributed by atoms with Crippen LogP contribution in [0.2, 0.25) is 0 Å². The van der Waals surface area contributed by atoms with Crippen molar-refractivity contribution in [2.75, 3.05) is 0 Å². The van der Waals surface area contributed by atoms with Crippen LogP contribution in [0.4, 0.5) is 9.18 Å². The molecule has 0 saturated carbocycles. The molecule has 0 radical (unpaired) electrons. The molecule has 1 atom stereocenters. The predicted molar refractivity (Wildman–Crippen MR) is 95.1 cm³/mol. The van der Waals surface area contributed by atoms with Gasteiger partial charge in [-0.05, 0) is 42.1 Å². The molecule has 6 nitrogen and oxygen atoms in total. The normalized spacial score (nSPS) is 11.6. The summed E-state index contributed by atoms with van der Waals surface area (Å²) >= 11 is 1.46. The summed E-state index contributed by atoms with van der Waals surface area (Å²) in [5.74, 6) is -0.390. The fourth-order valence-electron chi connectivity index (χ4n) is 2.40. The molecule has 3 amide bonds. The van der Waals surface area contributed by atoms with E-state index in [1.165, 1.54) is 35.8 Å². The Labute approximate surface area is 153 Å². The van der Waals surface area contributed by atoms with Crippen LogP contribution >= 0.6 is 11.3 Å². The summed E-state index contributed by atoms with van der Waals surface area (Å²) in [6.45, 7) is 1.65. The van der Waals surface area contributed by atoms with Crippen LogP contribution in [0.1, 0.15) is 32.6 Å². The highest BCUT2D eigenvalue weighted by molar-refractivity contribution is 7.10. The van der Waals surface area contributed by atoms with Crippen molar-refractivity contribution in [2.45, 2.75) is 13.0 Å². The maximum absolute atomic E-state index is 13.2. The van der Waals surface area contributed by atoms with Crippen LogP contribution < -0.4 is 16.2 Å². The number of hydrazine groups is 1. The van der Waals surface area contributed by atoms with E-state index in [1.54, 1.807) is 19.1 Å². The quantitative estimate of drug-likeness (QED) is 0.612. The lowest BCUT2D eigenvalue weighted by molar-refractivity contribution is 0.0934. The maximum Gasteiger partial charge on any atom is 0.334 e. The average molecular weight is 373 g/mol. The van der Waals surface area contributed by atoms with Gasteiger partial charge in [0.15, 0.2) is 0 Å². The second kappa shape index (κ2) is 7.83. The molecule has 2 aromatic heterocycles. The second-order valence-electron chi connectivity index (χ2n) is 5.44. The van der Waals surface area contributed by atoms with E-state index in [0.717, 1.165) is 10.4 Å². The number of hydrogen-bond donors (Lipinski definition) is 3. The number of halogens is 1. The number of carbonyl (C=O) groups is 2. The van der Waals surface area contributed by atoms with Crippen molar-refractivity contribution >= 4 is 23.3 Å². The summed E-state index contributed by atoms with van der Waals surface area (Å²) < 4.78 is 18.2. The molecule has 0 spiro atoms. The van der Waals surface area contributed by atoms with Crippen LogP contribution in [-0.2, 0) is 0 Å². The molecule has 0 aliphatic heterocycles. The lowest BCUT2D eigenvalue weighted by Crippen LogP contribution is -2.48. The fourth-order valence-corrected chi connectivity index (χ4v) is 3.20. The molecule has 26 heavy (non-hydrogen) atoms. The minimum absolute atomic E-state index is 0.332. The van der Waals surface area contributed by atoms with E-state index in [9.17, 15) is 14.0 Å². The molecule has 3 N–H and O–H groups in total. The first-order valence-electron chi connectivity index (χ1n) is 7.74. The molecule has 0 aliphatic carbocycles. The van der Waals surface area contributed by atoms with Crippen LogP contribution in [0.25, 0.3) is 0 Å². The number of amides is 3. The van der Waals surface area contributed by atoms with Crippen molar-refractivity contribution in [2.24, 2.45) is 0 Å². The van der Waals surface area contributed by atoms with Crippen LogP contribution in [-0.4, -0.2) is 11.9 Å². The van der Waals surface area contributed by atoms with Crippen molar-refractivity contribution in [3.63, 3.8) is 0 Å². The van der Waals surface area contributed by atoms with Crippen LogP contribution in [0.15, 0.2) is 58.5 Å². The molecule has 0 aliphatic rings. The van der Waals surface area contributed by atoms with E-state index < -0.39 is 18.0 Å². The van der Waals surface area contributed by atoms with Gasteiger partial charge in [-0.2, -0.15) is 0 Å². The van der Waals surface area contributed by atoms with Crippen molar-refractivity contribution < 1.29 is 18.4 Å². The summed E-state index contributed by atoms with van der Waals surface area (Å²) in [6.07, 6.45) is 1.39. The van der Waals surface area contributed by atoms with E-state index in [-0.39, 0.29) is 5.82 Å². The molecule has 0 saturated heterocycles. The molecule has 8 heteroatoms. The van der Waals surface area contributed by atoms with Gasteiger partial charge in [0, 0.05) is 4.88 Å². The van der Waals surface area contributed by atoms with Crippen molar-refractivity contribution in [1.82, 2.24) is 16.2 Å². The first-order valence-corrected chi connectivity index (χ1v) is 8.62.